The first kappa shape index (κ1) is 11.9. The minimum absolute atomic E-state index is 0.229. The van der Waals surface area contributed by atoms with E-state index in [1.54, 1.807) is 0 Å². The van der Waals surface area contributed by atoms with Gasteiger partial charge < -0.3 is 0 Å². The van der Waals surface area contributed by atoms with Gasteiger partial charge in [0.05, 0.1) is 5.88 Å². The van der Waals surface area contributed by atoms with Crippen LogP contribution in [0.15, 0.2) is 24.3 Å². The van der Waals surface area contributed by atoms with E-state index in [4.69, 9.17) is 11.6 Å². The summed E-state index contributed by atoms with van der Waals surface area (Å²) in [6.45, 7) is 0. The van der Waals surface area contributed by atoms with Gasteiger partial charge in [-0.3, -0.25) is 10.1 Å². The normalized spacial score (nSPS) is 10.2. The number of carbonyl (C=O) groups excluding carboxylic acids is 1. The van der Waals surface area contributed by atoms with Crippen LogP contribution in [0.3, 0.4) is 0 Å². The van der Waals surface area contributed by atoms with E-state index in [1.807, 2.05) is 0 Å². The third-order valence-electron chi connectivity index (χ3n) is 1.89. The van der Waals surface area contributed by atoms with E-state index in [9.17, 15) is 9.18 Å². The Bertz CT molecular complexity index is 546. The lowest BCUT2D eigenvalue weighted by Gasteiger charge is -2.00. The fourth-order valence-corrected chi connectivity index (χ4v) is 1.96. The van der Waals surface area contributed by atoms with Gasteiger partial charge >= 0.3 is 0 Å². The van der Waals surface area contributed by atoms with E-state index in [-0.39, 0.29) is 11.4 Å². The van der Waals surface area contributed by atoms with Gasteiger partial charge in [-0.2, -0.15) is 0 Å². The highest BCUT2D eigenvalue weighted by Gasteiger charge is 2.10. The quantitative estimate of drug-likeness (QED) is 0.873. The van der Waals surface area contributed by atoms with Crippen molar-refractivity contribution >= 4 is 34.0 Å². The summed E-state index contributed by atoms with van der Waals surface area (Å²) < 4.78 is 12.9. The zero-order valence-electron chi connectivity index (χ0n) is 8.48. The van der Waals surface area contributed by atoms with Crippen molar-refractivity contribution in [2.45, 2.75) is 5.88 Å². The molecule has 4 nitrogen and oxygen atoms in total. The van der Waals surface area contributed by atoms with E-state index >= 15 is 0 Å². The number of anilines is 1. The fourth-order valence-electron chi connectivity index (χ4n) is 1.16. The Labute approximate surface area is 105 Å². The van der Waals surface area contributed by atoms with Crippen LogP contribution in [-0.2, 0) is 5.88 Å². The highest BCUT2D eigenvalue weighted by molar-refractivity contribution is 7.15. The van der Waals surface area contributed by atoms with Gasteiger partial charge in [-0.1, -0.05) is 17.4 Å². The molecule has 2 rings (SSSR count). The molecule has 0 unspecified atom stereocenters. The van der Waals surface area contributed by atoms with Gasteiger partial charge in [-0.25, -0.2) is 4.39 Å². The molecule has 17 heavy (non-hydrogen) atoms. The van der Waals surface area contributed by atoms with Gasteiger partial charge in [0.2, 0.25) is 5.13 Å². The molecule has 1 aromatic heterocycles. The lowest BCUT2D eigenvalue weighted by atomic mass is 10.2. The molecule has 0 bridgehead atoms. The number of halogens is 2. The van der Waals surface area contributed by atoms with Crippen molar-refractivity contribution < 1.29 is 9.18 Å². The van der Waals surface area contributed by atoms with Crippen molar-refractivity contribution in [1.29, 1.82) is 0 Å². The van der Waals surface area contributed by atoms with Crippen LogP contribution in [-0.4, -0.2) is 16.1 Å². The molecule has 2 aromatic rings. The summed E-state index contributed by atoms with van der Waals surface area (Å²) in [5.74, 6) is -0.647. The molecule has 0 radical (unpaired) electrons. The molecule has 1 heterocycles. The van der Waals surface area contributed by atoms with Gasteiger partial charge in [-0.05, 0) is 18.2 Å². The standard InChI is InChI=1S/C10H7ClFN3OS/c11-5-8-14-15-10(17-8)13-9(16)6-2-1-3-7(12)4-6/h1-4H,5H2,(H,13,15,16). The molecule has 0 saturated heterocycles. The number of rotatable bonds is 3. The molecular formula is C10H7ClFN3OS. The second-order valence-corrected chi connectivity index (χ2v) is 4.43. The third kappa shape index (κ3) is 2.98. The zero-order valence-corrected chi connectivity index (χ0v) is 10.1. The lowest BCUT2D eigenvalue weighted by molar-refractivity contribution is 0.102. The Kier molecular flexibility index (Phi) is 3.65. The Morgan fingerprint density at radius 2 is 2.29 bits per heavy atom. The molecule has 1 aromatic carbocycles. The number of alkyl halides is 1. The first-order valence-electron chi connectivity index (χ1n) is 4.64. The smallest absolute Gasteiger partial charge is 0.257 e. The first-order chi connectivity index (χ1) is 8.19. The maximum atomic E-state index is 12.9. The molecule has 0 aliphatic heterocycles. The summed E-state index contributed by atoms with van der Waals surface area (Å²) in [6, 6.07) is 5.41. The molecular weight excluding hydrogens is 265 g/mol. The molecule has 1 amide bonds. The maximum absolute atomic E-state index is 12.9. The maximum Gasteiger partial charge on any atom is 0.257 e. The summed E-state index contributed by atoms with van der Waals surface area (Å²) in [7, 11) is 0. The van der Waals surface area contributed by atoms with Crippen LogP contribution in [0.5, 0.6) is 0 Å². The van der Waals surface area contributed by atoms with Crippen LogP contribution in [0.4, 0.5) is 9.52 Å². The van der Waals surface area contributed by atoms with Crippen LogP contribution >= 0.6 is 22.9 Å². The van der Waals surface area contributed by atoms with Gasteiger partial charge in [0.1, 0.15) is 10.8 Å². The second kappa shape index (κ2) is 5.20. The topological polar surface area (TPSA) is 54.9 Å². The van der Waals surface area contributed by atoms with E-state index in [0.29, 0.717) is 10.1 Å². The molecule has 0 spiro atoms. The molecule has 0 aliphatic carbocycles. The van der Waals surface area contributed by atoms with Gasteiger partial charge in [0, 0.05) is 5.56 Å². The van der Waals surface area contributed by atoms with Gasteiger partial charge in [0.25, 0.3) is 5.91 Å². The highest BCUT2D eigenvalue weighted by atomic mass is 35.5. The molecule has 1 N–H and O–H groups in total. The summed E-state index contributed by atoms with van der Waals surface area (Å²) in [5.41, 5.74) is 0.229. The number of aromatic nitrogens is 2. The van der Waals surface area contributed by atoms with Crippen molar-refractivity contribution in [3.05, 3.63) is 40.7 Å². The predicted molar refractivity (Wildman–Crippen MR) is 63.8 cm³/mol. The number of hydrogen-bond donors (Lipinski definition) is 1. The number of amides is 1. The Morgan fingerprint density at radius 1 is 1.47 bits per heavy atom. The summed E-state index contributed by atoms with van der Waals surface area (Å²) >= 11 is 6.74. The average molecular weight is 272 g/mol. The van der Waals surface area contributed by atoms with Crippen molar-refractivity contribution in [2.24, 2.45) is 0 Å². The number of nitrogens with zero attached hydrogens (tertiary/aromatic N) is 2. The van der Waals surface area contributed by atoms with Crippen LogP contribution in [0, 0.1) is 5.82 Å². The lowest BCUT2D eigenvalue weighted by Crippen LogP contribution is -2.11. The highest BCUT2D eigenvalue weighted by Crippen LogP contribution is 2.17. The molecule has 0 fully saturated rings. The van der Waals surface area contributed by atoms with E-state index in [0.717, 1.165) is 6.07 Å². The summed E-state index contributed by atoms with van der Waals surface area (Å²) in [6.07, 6.45) is 0. The SMILES string of the molecule is O=C(Nc1nnc(CCl)s1)c1cccc(F)c1. The summed E-state index contributed by atoms with van der Waals surface area (Å²) in [5, 5.41) is 11.0. The van der Waals surface area contributed by atoms with Crippen molar-refractivity contribution in [3.8, 4) is 0 Å². The Morgan fingerprint density at radius 3 is 2.94 bits per heavy atom. The minimum Gasteiger partial charge on any atom is -0.296 e. The average Bonchev–Trinajstić information content (AvgIpc) is 2.77. The van der Waals surface area contributed by atoms with Crippen LogP contribution in [0.2, 0.25) is 0 Å². The molecule has 88 valence electrons. The third-order valence-corrected chi connectivity index (χ3v) is 3.14. The van der Waals surface area contributed by atoms with Crippen LogP contribution in [0.25, 0.3) is 0 Å². The molecule has 0 atom stereocenters. The second-order valence-electron chi connectivity index (χ2n) is 3.10. The van der Waals surface area contributed by atoms with Crippen LogP contribution in [0.1, 0.15) is 15.4 Å². The van der Waals surface area contributed by atoms with Gasteiger partial charge in [0.15, 0.2) is 0 Å². The zero-order chi connectivity index (χ0) is 12.3. The van der Waals surface area contributed by atoms with Crippen molar-refractivity contribution in [1.82, 2.24) is 10.2 Å². The van der Waals surface area contributed by atoms with Gasteiger partial charge in [-0.15, -0.1) is 21.8 Å². The van der Waals surface area contributed by atoms with Crippen molar-refractivity contribution in [2.75, 3.05) is 5.32 Å². The number of benzene rings is 1. The summed E-state index contributed by atoms with van der Waals surface area (Å²) in [4.78, 5) is 11.7. The number of nitrogens with one attached hydrogen (secondary N) is 1. The Hall–Kier alpha value is -1.53. The molecule has 7 heteroatoms. The van der Waals surface area contributed by atoms with E-state index in [1.165, 1.54) is 29.5 Å². The number of carbonyl (C=O) groups is 1. The molecule has 0 saturated carbocycles. The number of hydrogen-bond acceptors (Lipinski definition) is 4. The van der Waals surface area contributed by atoms with E-state index < -0.39 is 11.7 Å². The fraction of sp³-hybridized carbons (Fsp3) is 0.100. The molecule has 0 aliphatic rings. The van der Waals surface area contributed by atoms with E-state index in [2.05, 4.69) is 15.5 Å². The first-order valence-corrected chi connectivity index (χ1v) is 5.99. The van der Waals surface area contributed by atoms with Crippen molar-refractivity contribution in [3.63, 3.8) is 0 Å². The monoisotopic (exact) mass is 271 g/mol. The largest absolute Gasteiger partial charge is 0.296 e. The predicted octanol–water partition coefficient (Wildman–Crippen LogP) is 2.67. The Balaban J connectivity index is 2.11. The minimum atomic E-state index is -0.462. The van der Waals surface area contributed by atoms with Crippen LogP contribution < -0.4 is 5.32 Å².